The Bertz CT molecular complexity index is 636. The minimum absolute atomic E-state index is 0.0814. The summed E-state index contributed by atoms with van der Waals surface area (Å²) in [6.45, 7) is 11.1. The zero-order valence-corrected chi connectivity index (χ0v) is 17.0. The average Bonchev–Trinajstić information content (AvgIpc) is 2.57. The first-order valence-corrected chi connectivity index (χ1v) is 9.36. The standard InChI is InChI=1S/C20H31N3O4/c1-6-12-27-19(26)15-8-10-16(11-9-15)21-17(24)13-23(7-2)14-18(25)22-20(3,4)5/h8-11H,6-7,12-14H2,1-5H3,(H,21,24)(H,22,25)/p+1. The van der Waals surface area contributed by atoms with E-state index in [0.29, 0.717) is 24.4 Å². The molecule has 0 spiro atoms. The first-order valence-electron chi connectivity index (χ1n) is 9.36. The number of rotatable bonds is 9. The predicted octanol–water partition coefficient (Wildman–Crippen LogP) is 1.01. The number of benzene rings is 1. The van der Waals surface area contributed by atoms with Gasteiger partial charge in [0.2, 0.25) is 0 Å². The third-order valence-corrected chi connectivity index (χ3v) is 3.68. The van der Waals surface area contributed by atoms with Crippen LogP contribution in [0.4, 0.5) is 5.69 Å². The van der Waals surface area contributed by atoms with Crippen LogP contribution in [-0.4, -0.2) is 49.6 Å². The van der Waals surface area contributed by atoms with Crippen molar-refractivity contribution in [1.29, 1.82) is 0 Å². The molecule has 7 nitrogen and oxygen atoms in total. The largest absolute Gasteiger partial charge is 0.462 e. The molecule has 0 aromatic heterocycles. The van der Waals surface area contributed by atoms with Crippen LogP contribution in [0.2, 0.25) is 0 Å². The molecule has 3 N–H and O–H groups in total. The summed E-state index contributed by atoms with van der Waals surface area (Å²) in [7, 11) is 0. The summed E-state index contributed by atoms with van der Waals surface area (Å²) < 4.78 is 5.07. The van der Waals surface area contributed by atoms with Gasteiger partial charge in [-0.1, -0.05) is 6.92 Å². The van der Waals surface area contributed by atoms with Crippen molar-refractivity contribution in [2.45, 2.75) is 46.6 Å². The number of anilines is 1. The van der Waals surface area contributed by atoms with Crippen molar-refractivity contribution in [3.05, 3.63) is 29.8 Å². The van der Waals surface area contributed by atoms with Crippen LogP contribution in [-0.2, 0) is 14.3 Å². The van der Waals surface area contributed by atoms with Gasteiger partial charge in [-0.15, -0.1) is 0 Å². The number of likely N-dealkylation sites (N-methyl/N-ethyl adjacent to an activating group) is 1. The summed E-state index contributed by atoms with van der Waals surface area (Å²) in [5.74, 6) is -0.639. The highest BCUT2D eigenvalue weighted by Crippen LogP contribution is 2.10. The van der Waals surface area contributed by atoms with Crippen LogP contribution in [0.1, 0.15) is 51.4 Å². The maximum absolute atomic E-state index is 12.3. The normalized spacial score (nSPS) is 12.2. The smallest absolute Gasteiger partial charge is 0.338 e. The molecule has 1 aromatic rings. The van der Waals surface area contributed by atoms with E-state index in [1.165, 1.54) is 0 Å². The van der Waals surface area contributed by atoms with Crippen molar-refractivity contribution < 1.29 is 24.0 Å². The number of carbonyl (C=O) groups is 3. The molecule has 1 rings (SSSR count). The number of amides is 2. The van der Waals surface area contributed by atoms with E-state index in [0.717, 1.165) is 11.3 Å². The van der Waals surface area contributed by atoms with Crippen molar-refractivity contribution in [2.75, 3.05) is 31.6 Å². The number of quaternary nitrogens is 1. The number of ether oxygens (including phenoxy) is 1. The van der Waals surface area contributed by atoms with Gasteiger partial charge in [-0.25, -0.2) is 4.79 Å². The molecule has 1 aromatic carbocycles. The summed E-state index contributed by atoms with van der Waals surface area (Å²) in [4.78, 5) is 36.9. The highest BCUT2D eigenvalue weighted by molar-refractivity contribution is 5.93. The van der Waals surface area contributed by atoms with Gasteiger partial charge < -0.3 is 20.3 Å². The lowest BCUT2D eigenvalue weighted by Gasteiger charge is -2.23. The highest BCUT2D eigenvalue weighted by atomic mass is 16.5. The fraction of sp³-hybridized carbons (Fsp3) is 0.550. The zero-order chi connectivity index (χ0) is 20.4. The molecule has 1 unspecified atom stereocenters. The summed E-state index contributed by atoms with van der Waals surface area (Å²) in [6, 6.07) is 6.57. The van der Waals surface area contributed by atoms with Gasteiger partial charge in [0.05, 0.1) is 18.7 Å². The summed E-state index contributed by atoms with van der Waals surface area (Å²) in [6.07, 6.45) is 0.768. The molecule has 0 radical (unpaired) electrons. The molecule has 0 aliphatic rings. The lowest BCUT2D eigenvalue weighted by molar-refractivity contribution is -0.881. The van der Waals surface area contributed by atoms with Crippen LogP contribution in [0.25, 0.3) is 0 Å². The Labute approximate surface area is 161 Å². The Morgan fingerprint density at radius 3 is 2.11 bits per heavy atom. The van der Waals surface area contributed by atoms with E-state index >= 15 is 0 Å². The number of esters is 1. The predicted molar refractivity (Wildman–Crippen MR) is 105 cm³/mol. The van der Waals surface area contributed by atoms with Crippen molar-refractivity contribution in [1.82, 2.24) is 5.32 Å². The van der Waals surface area contributed by atoms with Crippen LogP contribution >= 0.6 is 0 Å². The molecule has 1 atom stereocenters. The monoisotopic (exact) mass is 378 g/mol. The summed E-state index contributed by atoms with van der Waals surface area (Å²) >= 11 is 0. The Morgan fingerprint density at radius 1 is 1.00 bits per heavy atom. The molecule has 27 heavy (non-hydrogen) atoms. The fourth-order valence-corrected chi connectivity index (χ4v) is 2.40. The molecule has 0 saturated carbocycles. The molecule has 0 bridgehead atoms. The number of hydrogen-bond donors (Lipinski definition) is 3. The Hall–Kier alpha value is -2.41. The molecule has 0 saturated heterocycles. The third-order valence-electron chi connectivity index (χ3n) is 3.68. The Kier molecular flexibility index (Phi) is 8.94. The van der Waals surface area contributed by atoms with Crippen LogP contribution in [0.15, 0.2) is 24.3 Å². The van der Waals surface area contributed by atoms with Gasteiger partial charge in [-0.2, -0.15) is 0 Å². The first kappa shape index (κ1) is 22.6. The lowest BCUT2D eigenvalue weighted by Crippen LogP contribution is -3.14. The number of carbonyl (C=O) groups excluding carboxylic acids is 3. The van der Waals surface area contributed by atoms with Gasteiger partial charge in [-0.05, 0) is 58.4 Å². The van der Waals surface area contributed by atoms with E-state index < -0.39 is 0 Å². The minimum atomic E-state index is -0.374. The maximum atomic E-state index is 12.3. The first-order chi connectivity index (χ1) is 12.6. The second-order valence-electron chi connectivity index (χ2n) is 7.52. The van der Waals surface area contributed by atoms with Gasteiger partial charge in [-0.3, -0.25) is 9.59 Å². The van der Waals surface area contributed by atoms with Crippen molar-refractivity contribution in [2.24, 2.45) is 0 Å². The van der Waals surface area contributed by atoms with Crippen LogP contribution < -0.4 is 15.5 Å². The molecule has 2 amide bonds. The second-order valence-corrected chi connectivity index (χ2v) is 7.52. The van der Waals surface area contributed by atoms with Gasteiger partial charge in [0.15, 0.2) is 13.1 Å². The number of nitrogens with one attached hydrogen (secondary N) is 3. The van der Waals surface area contributed by atoms with E-state index in [2.05, 4.69) is 10.6 Å². The molecular formula is C20H32N3O4+. The fourth-order valence-electron chi connectivity index (χ4n) is 2.40. The van der Waals surface area contributed by atoms with E-state index in [1.807, 2.05) is 34.6 Å². The van der Waals surface area contributed by atoms with Gasteiger partial charge in [0.1, 0.15) is 0 Å². The summed E-state index contributed by atoms with van der Waals surface area (Å²) in [5, 5.41) is 5.70. The SMILES string of the molecule is CCCOC(=O)c1ccc(NC(=O)C[NH+](CC)CC(=O)NC(C)(C)C)cc1. The van der Waals surface area contributed by atoms with Crippen molar-refractivity contribution in [3.8, 4) is 0 Å². The van der Waals surface area contributed by atoms with Crippen molar-refractivity contribution >= 4 is 23.5 Å². The second kappa shape index (κ2) is 10.7. The molecule has 0 fully saturated rings. The van der Waals surface area contributed by atoms with E-state index in [-0.39, 0.29) is 36.4 Å². The molecule has 0 aliphatic heterocycles. The average molecular weight is 378 g/mol. The zero-order valence-electron chi connectivity index (χ0n) is 17.0. The Morgan fingerprint density at radius 2 is 1.59 bits per heavy atom. The van der Waals surface area contributed by atoms with E-state index in [4.69, 9.17) is 4.74 Å². The van der Waals surface area contributed by atoms with Crippen LogP contribution in [0.3, 0.4) is 0 Å². The quantitative estimate of drug-likeness (QED) is 0.560. The number of hydrogen-bond acceptors (Lipinski definition) is 4. The highest BCUT2D eigenvalue weighted by Gasteiger charge is 2.20. The third kappa shape index (κ3) is 9.19. The molecule has 7 heteroatoms. The van der Waals surface area contributed by atoms with Crippen molar-refractivity contribution in [3.63, 3.8) is 0 Å². The van der Waals surface area contributed by atoms with E-state index in [9.17, 15) is 14.4 Å². The molecule has 150 valence electrons. The van der Waals surface area contributed by atoms with Crippen LogP contribution in [0, 0.1) is 0 Å². The maximum Gasteiger partial charge on any atom is 0.338 e. The minimum Gasteiger partial charge on any atom is -0.462 e. The summed E-state index contributed by atoms with van der Waals surface area (Å²) in [5.41, 5.74) is 0.751. The van der Waals surface area contributed by atoms with Gasteiger partial charge >= 0.3 is 5.97 Å². The lowest BCUT2D eigenvalue weighted by atomic mass is 10.1. The van der Waals surface area contributed by atoms with Crippen LogP contribution in [0.5, 0.6) is 0 Å². The molecular weight excluding hydrogens is 346 g/mol. The van der Waals surface area contributed by atoms with E-state index in [1.54, 1.807) is 24.3 Å². The van der Waals surface area contributed by atoms with Gasteiger partial charge in [0, 0.05) is 11.2 Å². The van der Waals surface area contributed by atoms with Gasteiger partial charge in [0.25, 0.3) is 11.8 Å². The Balaban J connectivity index is 2.54. The molecule has 0 aliphatic carbocycles. The topological polar surface area (TPSA) is 88.9 Å². The molecule has 0 heterocycles.